The van der Waals surface area contributed by atoms with E-state index < -0.39 is 5.41 Å². The van der Waals surface area contributed by atoms with Crippen molar-refractivity contribution in [1.82, 2.24) is 0 Å². The van der Waals surface area contributed by atoms with Gasteiger partial charge in [0.05, 0.1) is 12.1 Å². The number of hydrogen-bond acceptors (Lipinski definition) is 2. The molecule has 1 aliphatic rings. The summed E-state index contributed by atoms with van der Waals surface area (Å²) in [6, 6.07) is 4.47. The molecule has 1 aliphatic carbocycles. The molecule has 0 aromatic rings. The number of allylic oxidation sites excluding steroid dienone is 1. The summed E-state index contributed by atoms with van der Waals surface area (Å²) in [5.41, 5.74) is -0.832. The topological polar surface area (TPSA) is 47.6 Å². The lowest BCUT2D eigenvalue weighted by Crippen LogP contribution is -2.34. The van der Waals surface area contributed by atoms with Gasteiger partial charge in [0.25, 0.3) is 0 Å². The van der Waals surface area contributed by atoms with Gasteiger partial charge in [-0.25, -0.2) is 0 Å². The Bertz CT molecular complexity index is 291. The molecule has 0 heterocycles. The summed E-state index contributed by atoms with van der Waals surface area (Å²) >= 11 is 0. The molecular weight excluding hydrogens is 184 g/mol. The van der Waals surface area contributed by atoms with Gasteiger partial charge in [-0.15, -0.1) is 6.58 Å². The van der Waals surface area contributed by atoms with E-state index in [-0.39, 0.29) is 5.92 Å². The summed E-state index contributed by atoms with van der Waals surface area (Å²) in [6.07, 6.45) is 6.74. The van der Waals surface area contributed by atoms with Gasteiger partial charge in [0.15, 0.2) is 0 Å². The Morgan fingerprint density at radius 3 is 2.40 bits per heavy atom. The fourth-order valence-electron chi connectivity index (χ4n) is 2.71. The third-order valence-corrected chi connectivity index (χ3v) is 3.61. The SMILES string of the molecule is C=CCC(C#N)(C#N)[C@@H]1CCCC[C@H]1C. The Hall–Kier alpha value is -1.28. The van der Waals surface area contributed by atoms with Crippen LogP contribution in [0.1, 0.15) is 39.0 Å². The molecule has 0 N–H and O–H groups in total. The highest BCUT2D eigenvalue weighted by Crippen LogP contribution is 2.43. The average molecular weight is 202 g/mol. The van der Waals surface area contributed by atoms with Crippen LogP contribution in [-0.4, -0.2) is 0 Å². The highest BCUT2D eigenvalue weighted by molar-refractivity contribution is 5.19. The van der Waals surface area contributed by atoms with Gasteiger partial charge in [-0.1, -0.05) is 32.3 Å². The Morgan fingerprint density at radius 2 is 1.93 bits per heavy atom. The zero-order valence-electron chi connectivity index (χ0n) is 9.37. The second kappa shape index (κ2) is 4.99. The molecular formula is C13H18N2. The van der Waals surface area contributed by atoms with Crippen LogP contribution in [0.4, 0.5) is 0 Å². The molecule has 2 atom stereocenters. The van der Waals surface area contributed by atoms with Crippen LogP contribution in [0, 0.1) is 39.9 Å². The van der Waals surface area contributed by atoms with Crippen molar-refractivity contribution in [2.45, 2.75) is 39.0 Å². The number of hydrogen-bond donors (Lipinski definition) is 0. The summed E-state index contributed by atoms with van der Waals surface area (Å²) in [7, 11) is 0. The van der Waals surface area contributed by atoms with E-state index in [4.69, 9.17) is 0 Å². The molecule has 80 valence electrons. The van der Waals surface area contributed by atoms with Gasteiger partial charge in [-0.05, 0) is 24.7 Å². The predicted molar refractivity (Wildman–Crippen MR) is 59.6 cm³/mol. The Kier molecular flexibility index (Phi) is 3.92. The van der Waals surface area contributed by atoms with E-state index in [1.165, 1.54) is 6.42 Å². The van der Waals surface area contributed by atoms with Gasteiger partial charge in [0, 0.05) is 0 Å². The monoisotopic (exact) mass is 202 g/mol. The first-order valence-corrected chi connectivity index (χ1v) is 5.63. The molecule has 0 unspecified atom stereocenters. The highest BCUT2D eigenvalue weighted by atomic mass is 14.5. The molecule has 1 rings (SSSR count). The Balaban J connectivity index is 2.93. The van der Waals surface area contributed by atoms with Gasteiger partial charge in [-0.2, -0.15) is 10.5 Å². The number of rotatable bonds is 3. The van der Waals surface area contributed by atoms with E-state index in [1.54, 1.807) is 6.08 Å². The maximum atomic E-state index is 9.26. The molecule has 15 heavy (non-hydrogen) atoms. The number of nitrogens with zero attached hydrogens (tertiary/aromatic N) is 2. The van der Waals surface area contributed by atoms with E-state index in [0.29, 0.717) is 12.3 Å². The molecule has 0 spiro atoms. The third-order valence-electron chi connectivity index (χ3n) is 3.61. The predicted octanol–water partition coefficient (Wildman–Crippen LogP) is 3.42. The summed E-state index contributed by atoms with van der Waals surface area (Å²) in [4.78, 5) is 0. The first-order chi connectivity index (χ1) is 7.20. The van der Waals surface area contributed by atoms with Crippen LogP contribution in [-0.2, 0) is 0 Å². The van der Waals surface area contributed by atoms with Crippen LogP contribution in [0.5, 0.6) is 0 Å². The molecule has 0 amide bonds. The summed E-state index contributed by atoms with van der Waals surface area (Å²) in [5, 5.41) is 18.5. The van der Waals surface area contributed by atoms with Gasteiger partial charge in [0.2, 0.25) is 0 Å². The Morgan fingerprint density at radius 1 is 1.33 bits per heavy atom. The van der Waals surface area contributed by atoms with Gasteiger partial charge < -0.3 is 0 Å². The molecule has 0 aliphatic heterocycles. The molecule has 0 saturated heterocycles. The molecule has 0 radical (unpaired) electrons. The zero-order chi connectivity index (χ0) is 11.3. The van der Waals surface area contributed by atoms with Crippen LogP contribution in [0.3, 0.4) is 0 Å². The molecule has 1 saturated carbocycles. The quantitative estimate of drug-likeness (QED) is 0.658. The molecule has 1 fully saturated rings. The van der Waals surface area contributed by atoms with E-state index in [0.717, 1.165) is 19.3 Å². The van der Waals surface area contributed by atoms with Crippen LogP contribution in [0.15, 0.2) is 12.7 Å². The van der Waals surface area contributed by atoms with Crippen LogP contribution in [0.25, 0.3) is 0 Å². The molecule has 0 aromatic heterocycles. The fraction of sp³-hybridized carbons (Fsp3) is 0.692. The Labute approximate surface area is 92.2 Å². The lowest BCUT2D eigenvalue weighted by molar-refractivity contribution is 0.163. The first-order valence-electron chi connectivity index (χ1n) is 5.63. The van der Waals surface area contributed by atoms with Crippen LogP contribution >= 0.6 is 0 Å². The smallest absolute Gasteiger partial charge is 0.150 e. The van der Waals surface area contributed by atoms with Crippen LogP contribution in [0.2, 0.25) is 0 Å². The molecule has 0 aromatic carbocycles. The molecule has 2 heteroatoms. The standard InChI is InChI=1S/C13H18N2/c1-3-8-13(9-14,10-15)12-7-5-4-6-11(12)2/h3,11-12H,1,4-8H2,2H3/t11-,12-/m1/s1. The third kappa shape index (κ3) is 2.21. The van der Waals surface area contributed by atoms with E-state index in [1.807, 2.05) is 0 Å². The zero-order valence-corrected chi connectivity index (χ0v) is 9.37. The van der Waals surface area contributed by atoms with E-state index >= 15 is 0 Å². The normalized spacial score (nSPS) is 26.3. The average Bonchev–Trinajstić information content (AvgIpc) is 2.27. The van der Waals surface area contributed by atoms with Crippen molar-refractivity contribution in [1.29, 1.82) is 10.5 Å². The lowest BCUT2D eigenvalue weighted by atomic mass is 9.64. The van der Waals surface area contributed by atoms with Crippen molar-refractivity contribution < 1.29 is 0 Å². The van der Waals surface area contributed by atoms with Crippen molar-refractivity contribution in [3.8, 4) is 12.1 Å². The molecule has 0 bridgehead atoms. The number of nitriles is 2. The maximum Gasteiger partial charge on any atom is 0.150 e. The largest absolute Gasteiger partial charge is 0.197 e. The minimum Gasteiger partial charge on any atom is -0.197 e. The minimum atomic E-state index is -0.832. The van der Waals surface area contributed by atoms with Gasteiger partial charge in [0.1, 0.15) is 5.41 Å². The summed E-state index contributed by atoms with van der Waals surface area (Å²) < 4.78 is 0. The van der Waals surface area contributed by atoms with Gasteiger partial charge in [-0.3, -0.25) is 0 Å². The van der Waals surface area contributed by atoms with Gasteiger partial charge >= 0.3 is 0 Å². The van der Waals surface area contributed by atoms with Crippen molar-refractivity contribution in [3.05, 3.63) is 12.7 Å². The second-order valence-corrected chi connectivity index (χ2v) is 4.56. The van der Waals surface area contributed by atoms with Crippen molar-refractivity contribution in [2.24, 2.45) is 17.3 Å². The van der Waals surface area contributed by atoms with Crippen molar-refractivity contribution in [2.75, 3.05) is 0 Å². The van der Waals surface area contributed by atoms with E-state index in [9.17, 15) is 10.5 Å². The van der Waals surface area contributed by atoms with E-state index in [2.05, 4.69) is 25.6 Å². The lowest BCUT2D eigenvalue weighted by Gasteiger charge is -2.36. The minimum absolute atomic E-state index is 0.222. The van der Waals surface area contributed by atoms with Crippen LogP contribution < -0.4 is 0 Å². The summed E-state index contributed by atoms with van der Waals surface area (Å²) in [6.45, 7) is 5.82. The second-order valence-electron chi connectivity index (χ2n) is 4.56. The summed E-state index contributed by atoms with van der Waals surface area (Å²) in [5.74, 6) is 0.706. The highest BCUT2D eigenvalue weighted by Gasteiger charge is 2.42. The first kappa shape index (κ1) is 11.8. The maximum absolute atomic E-state index is 9.26. The molecule has 2 nitrogen and oxygen atoms in total. The van der Waals surface area contributed by atoms with Crippen molar-refractivity contribution >= 4 is 0 Å². The van der Waals surface area contributed by atoms with Crippen molar-refractivity contribution in [3.63, 3.8) is 0 Å². The fourth-order valence-corrected chi connectivity index (χ4v) is 2.71.